The summed E-state index contributed by atoms with van der Waals surface area (Å²) >= 11 is 6.15. The summed E-state index contributed by atoms with van der Waals surface area (Å²) < 4.78 is 6.12. The van der Waals surface area contributed by atoms with E-state index in [1.165, 1.54) is 5.57 Å². The van der Waals surface area contributed by atoms with E-state index in [-0.39, 0.29) is 5.91 Å². The molecular formula is C36H32ClN9O2. The zero-order chi connectivity index (χ0) is 32.7. The molecule has 0 unspecified atom stereocenters. The predicted molar refractivity (Wildman–Crippen MR) is 184 cm³/mol. The first kappa shape index (κ1) is 30.2. The van der Waals surface area contributed by atoms with Gasteiger partial charge >= 0.3 is 0 Å². The van der Waals surface area contributed by atoms with E-state index in [9.17, 15) is 4.79 Å². The number of H-pyrrole nitrogens is 1. The quantitative estimate of drug-likeness (QED) is 0.220. The number of ether oxygens (including phenoxy) is 1. The monoisotopic (exact) mass is 657 g/mol. The normalized spacial score (nSPS) is 18.5. The summed E-state index contributed by atoms with van der Waals surface area (Å²) in [7, 11) is 1.69. The van der Waals surface area contributed by atoms with Gasteiger partial charge in [0, 0.05) is 80.0 Å². The van der Waals surface area contributed by atoms with Crippen molar-refractivity contribution >= 4 is 44.9 Å². The molecule has 2 aromatic carbocycles. The van der Waals surface area contributed by atoms with Gasteiger partial charge < -0.3 is 9.64 Å². The van der Waals surface area contributed by atoms with Gasteiger partial charge in [-0.25, -0.2) is 24.9 Å². The fraction of sp³-hybridized carbons (Fsp3) is 0.250. The van der Waals surface area contributed by atoms with Crippen LogP contribution in [-0.2, 0) is 15.1 Å². The average Bonchev–Trinajstić information content (AvgIpc) is 3.75. The summed E-state index contributed by atoms with van der Waals surface area (Å²) in [6, 6.07) is 17.8. The number of nitrogens with one attached hydrogen (secondary N) is 1. The average molecular weight is 658 g/mol. The van der Waals surface area contributed by atoms with Gasteiger partial charge in [-0.2, -0.15) is 5.10 Å². The van der Waals surface area contributed by atoms with Crippen molar-refractivity contribution in [3.05, 3.63) is 102 Å². The van der Waals surface area contributed by atoms with Gasteiger partial charge in [-0.3, -0.25) is 14.8 Å². The Bertz CT molecular complexity index is 2170. The van der Waals surface area contributed by atoms with E-state index in [4.69, 9.17) is 26.3 Å². The number of amides is 1. The zero-order valence-corrected chi connectivity index (χ0v) is 27.1. The number of carbonyl (C=O) groups excluding carboxylic acids is 1. The fourth-order valence-corrected chi connectivity index (χ4v) is 6.87. The highest BCUT2D eigenvalue weighted by atomic mass is 35.5. The molecule has 0 spiro atoms. The van der Waals surface area contributed by atoms with Crippen LogP contribution < -0.4 is 0 Å². The van der Waals surface area contributed by atoms with Gasteiger partial charge in [0.25, 0.3) is 0 Å². The van der Waals surface area contributed by atoms with Crippen molar-refractivity contribution in [2.75, 3.05) is 39.8 Å². The van der Waals surface area contributed by atoms with Crippen molar-refractivity contribution in [3.63, 3.8) is 0 Å². The number of rotatable bonds is 7. The Morgan fingerprint density at radius 1 is 0.979 bits per heavy atom. The standard InChI is InChI=1S/C36H32ClN9O2/c1-48-36(35-41-20-27-17-30-28(19-29(27)42-35)33(44-43-30)26-7-13-38-31(37)18-26)10-16-45(22-36)21-32(47)46-14-8-24(9-15-46)23-3-5-25(6-4-23)34-39-11-2-12-40-34/h2-8,11-13,17-20H,9-10,14-16,21-22H2,1H3,(H,43,44)/t36-/m0/s1. The van der Waals surface area contributed by atoms with Crippen LogP contribution >= 0.6 is 11.6 Å². The number of methoxy groups -OCH3 is 1. The van der Waals surface area contributed by atoms with Crippen molar-refractivity contribution in [1.29, 1.82) is 0 Å². The van der Waals surface area contributed by atoms with E-state index in [0.29, 0.717) is 55.9 Å². The molecule has 0 radical (unpaired) electrons. The minimum Gasteiger partial charge on any atom is -0.369 e. The zero-order valence-electron chi connectivity index (χ0n) is 26.3. The maximum atomic E-state index is 13.4. The summed E-state index contributed by atoms with van der Waals surface area (Å²) in [6.07, 6.45) is 10.6. The van der Waals surface area contributed by atoms with E-state index >= 15 is 0 Å². The molecular weight excluding hydrogens is 626 g/mol. The highest BCUT2D eigenvalue weighted by Crippen LogP contribution is 2.36. The Balaban J connectivity index is 0.948. The number of carbonyl (C=O) groups is 1. The van der Waals surface area contributed by atoms with E-state index in [2.05, 4.69) is 48.3 Å². The predicted octanol–water partition coefficient (Wildman–Crippen LogP) is 5.54. The smallest absolute Gasteiger partial charge is 0.237 e. The van der Waals surface area contributed by atoms with Crippen LogP contribution in [0, 0.1) is 0 Å². The summed E-state index contributed by atoms with van der Waals surface area (Å²) in [6.45, 7) is 2.83. The van der Waals surface area contributed by atoms with Crippen LogP contribution in [0.5, 0.6) is 0 Å². The van der Waals surface area contributed by atoms with Gasteiger partial charge in [-0.05, 0) is 54.3 Å². The second-order valence-electron chi connectivity index (χ2n) is 12.2. The molecule has 1 fully saturated rings. The lowest BCUT2D eigenvalue weighted by molar-refractivity contribution is -0.132. The third kappa shape index (κ3) is 5.70. The molecule has 2 aliphatic rings. The summed E-state index contributed by atoms with van der Waals surface area (Å²) in [5, 5.41) is 9.87. The molecule has 1 N–H and O–H groups in total. The Morgan fingerprint density at radius 3 is 2.58 bits per heavy atom. The molecule has 12 heteroatoms. The first-order valence-corrected chi connectivity index (χ1v) is 16.3. The number of aromatic nitrogens is 7. The lowest BCUT2D eigenvalue weighted by atomic mass is 9.98. The molecule has 1 atom stereocenters. The van der Waals surface area contributed by atoms with Crippen LogP contribution in [0.1, 0.15) is 24.2 Å². The number of hydrogen-bond acceptors (Lipinski definition) is 9. The molecule has 240 valence electrons. The molecule has 11 nitrogen and oxygen atoms in total. The molecule has 1 amide bonds. The molecule has 6 heterocycles. The molecule has 1 saturated heterocycles. The first-order valence-electron chi connectivity index (χ1n) is 15.9. The number of halogens is 1. The lowest BCUT2D eigenvalue weighted by Gasteiger charge is -2.30. The molecule has 48 heavy (non-hydrogen) atoms. The highest BCUT2D eigenvalue weighted by molar-refractivity contribution is 6.29. The SMILES string of the molecule is CO[C@@]1(c2ncc3cc4[nH]nc(-c5ccnc(Cl)c5)c4cc3n2)CCN(CC(=O)N2CC=C(c3ccc(-c4ncccn4)cc3)CC2)C1. The van der Waals surface area contributed by atoms with Crippen LogP contribution in [-0.4, -0.2) is 90.7 Å². The summed E-state index contributed by atoms with van der Waals surface area (Å²) in [5.41, 5.74) is 5.99. The lowest BCUT2D eigenvalue weighted by Crippen LogP contribution is -2.43. The molecule has 2 aliphatic heterocycles. The molecule has 0 aliphatic carbocycles. The van der Waals surface area contributed by atoms with Crippen molar-refractivity contribution in [3.8, 4) is 22.6 Å². The van der Waals surface area contributed by atoms with Crippen LogP contribution in [0.25, 0.3) is 50.0 Å². The number of benzene rings is 2. The van der Waals surface area contributed by atoms with Crippen molar-refractivity contribution in [2.24, 2.45) is 0 Å². The molecule has 0 bridgehead atoms. The van der Waals surface area contributed by atoms with Crippen molar-refractivity contribution < 1.29 is 9.53 Å². The van der Waals surface area contributed by atoms with E-state index in [1.807, 2.05) is 47.5 Å². The van der Waals surface area contributed by atoms with Crippen molar-refractivity contribution in [1.82, 2.24) is 44.9 Å². The van der Waals surface area contributed by atoms with Crippen LogP contribution in [0.2, 0.25) is 5.15 Å². The van der Waals surface area contributed by atoms with E-state index in [1.54, 1.807) is 31.8 Å². The van der Waals surface area contributed by atoms with Gasteiger partial charge in [0.05, 0.1) is 17.6 Å². The van der Waals surface area contributed by atoms with Gasteiger partial charge in [-0.1, -0.05) is 41.9 Å². The Morgan fingerprint density at radius 2 is 1.81 bits per heavy atom. The third-order valence-electron chi connectivity index (χ3n) is 9.37. The highest BCUT2D eigenvalue weighted by Gasteiger charge is 2.43. The number of likely N-dealkylation sites (tertiary alicyclic amines) is 1. The van der Waals surface area contributed by atoms with Crippen LogP contribution in [0.4, 0.5) is 0 Å². The topological polar surface area (TPSA) is 126 Å². The number of nitrogens with zero attached hydrogens (tertiary/aromatic N) is 8. The molecule has 6 aromatic rings. The van der Waals surface area contributed by atoms with Gasteiger partial charge in [0.15, 0.2) is 11.6 Å². The summed E-state index contributed by atoms with van der Waals surface area (Å²) in [4.78, 5) is 40.0. The second kappa shape index (κ2) is 12.5. The minimum atomic E-state index is -0.715. The van der Waals surface area contributed by atoms with Gasteiger partial charge in [-0.15, -0.1) is 0 Å². The third-order valence-corrected chi connectivity index (χ3v) is 9.58. The van der Waals surface area contributed by atoms with Gasteiger partial charge in [0.1, 0.15) is 16.4 Å². The molecule has 4 aromatic heterocycles. The van der Waals surface area contributed by atoms with Crippen LogP contribution in [0.3, 0.4) is 0 Å². The maximum Gasteiger partial charge on any atom is 0.237 e. The van der Waals surface area contributed by atoms with E-state index < -0.39 is 5.60 Å². The Labute approximate surface area is 281 Å². The minimum absolute atomic E-state index is 0.110. The van der Waals surface area contributed by atoms with Crippen molar-refractivity contribution in [2.45, 2.75) is 18.4 Å². The second-order valence-corrected chi connectivity index (χ2v) is 12.6. The maximum absolute atomic E-state index is 13.4. The Hall–Kier alpha value is -5.10. The fourth-order valence-electron chi connectivity index (χ4n) is 6.70. The largest absolute Gasteiger partial charge is 0.369 e. The number of hydrogen-bond donors (Lipinski definition) is 1. The summed E-state index contributed by atoms with van der Waals surface area (Å²) in [5.74, 6) is 1.43. The molecule has 0 saturated carbocycles. The number of fused-ring (bicyclic) bond motifs is 2. The van der Waals surface area contributed by atoms with Crippen LogP contribution in [0.15, 0.2) is 85.5 Å². The number of aromatic amines is 1. The van der Waals surface area contributed by atoms with Gasteiger partial charge in [0.2, 0.25) is 5.91 Å². The number of pyridine rings is 1. The Kier molecular flexibility index (Phi) is 7.87. The molecule has 8 rings (SSSR count). The first-order chi connectivity index (χ1) is 23.5. The van der Waals surface area contributed by atoms with E-state index in [0.717, 1.165) is 50.6 Å².